The molecule has 40 heavy (non-hydrogen) atoms. The Morgan fingerprint density at radius 2 is 1.77 bits per heavy atom. The Labute approximate surface area is 269 Å². The molecule has 1 aromatic carbocycles. The minimum absolute atomic E-state index is 0.00194. The number of benzene rings is 1. The molecule has 0 radical (unpaired) electrons. The molecule has 2 heterocycles. The van der Waals surface area contributed by atoms with Crippen LogP contribution in [0.25, 0.3) is 0 Å². The lowest BCUT2D eigenvalue weighted by atomic mass is 9.49. The van der Waals surface area contributed by atoms with Crippen LogP contribution in [0.5, 0.6) is 0 Å². The number of likely N-dealkylation sites (tertiary alicyclic amines) is 1. The van der Waals surface area contributed by atoms with Crippen LogP contribution in [0.15, 0.2) is 24.3 Å². The van der Waals surface area contributed by atoms with Crippen molar-refractivity contribution in [1.82, 2.24) is 14.7 Å². The highest BCUT2D eigenvalue weighted by atomic mass is 128. The number of piperidine rings is 1. The number of hydrogen-bond acceptors (Lipinski definition) is 5. The van der Waals surface area contributed by atoms with E-state index >= 15 is 0 Å². The summed E-state index contributed by atoms with van der Waals surface area (Å²) in [5, 5.41) is 16.5. The summed E-state index contributed by atoms with van der Waals surface area (Å²) in [5.74, 6) is 2.47. The van der Waals surface area contributed by atoms with Crippen LogP contribution in [0.4, 0.5) is 5.82 Å². The Bertz CT molecular complexity index is 1240. The number of ketones is 1. The largest absolute Gasteiger partial charge is 0.390 e. The summed E-state index contributed by atoms with van der Waals surface area (Å²) in [5.41, 5.74) is 0.465. The Morgan fingerprint density at radius 3 is 2.40 bits per heavy atom. The smallest absolute Gasteiger partial charge is 0.253 e. The van der Waals surface area contributed by atoms with Gasteiger partial charge in [-0.1, -0.05) is 23.2 Å². The predicted octanol–water partition coefficient (Wildman–Crippen LogP) is 7.00. The molecular weight excluding hydrogens is 777 g/mol. The molecule has 1 N–H and O–H groups in total. The molecule has 2 unspecified atom stereocenters. The number of nitrogens with zero attached hydrogens (tertiary/aromatic N) is 4. The fourth-order valence-corrected chi connectivity index (χ4v) is 8.71. The molecule has 0 spiro atoms. The SMILES string of the molecule is CN(c1c(Cl)c(C(=O)CC2C3CC4CC2CC(O)(C4)C3)nn1C)[C@H]1CCCN(C(=O)c2ccc(Cl)cc2)C1.II. The van der Waals surface area contributed by atoms with Gasteiger partial charge in [-0.3, -0.25) is 14.3 Å². The van der Waals surface area contributed by atoms with E-state index in [-0.39, 0.29) is 17.7 Å². The fraction of sp³-hybridized carbons (Fsp3) is 0.621. The molecule has 5 aliphatic rings. The molecule has 4 aliphatic carbocycles. The van der Waals surface area contributed by atoms with Crippen molar-refractivity contribution < 1.29 is 14.7 Å². The number of hydrogen-bond donors (Lipinski definition) is 1. The van der Waals surface area contributed by atoms with Gasteiger partial charge in [-0.2, -0.15) is 5.10 Å². The number of aliphatic hydroxyl groups is 1. The molecule has 1 aliphatic heterocycles. The second-order valence-corrected chi connectivity index (χ2v) is 13.1. The lowest BCUT2D eigenvalue weighted by Gasteiger charge is -2.58. The predicted molar refractivity (Wildman–Crippen MR) is 176 cm³/mol. The molecule has 4 bridgehead atoms. The minimum Gasteiger partial charge on any atom is -0.390 e. The average Bonchev–Trinajstić information content (AvgIpc) is 3.24. The average molecular weight is 813 g/mol. The lowest BCUT2D eigenvalue weighted by molar-refractivity contribution is -0.151. The van der Waals surface area contributed by atoms with Crippen LogP contribution in [0, 0.1) is 23.7 Å². The summed E-state index contributed by atoms with van der Waals surface area (Å²) >= 11 is 17.1. The third-order valence-electron chi connectivity index (χ3n) is 9.74. The first-order valence-corrected chi connectivity index (χ1v) is 21.1. The van der Waals surface area contributed by atoms with E-state index in [4.69, 9.17) is 23.2 Å². The van der Waals surface area contributed by atoms with Crippen LogP contribution in [-0.4, -0.2) is 63.3 Å². The molecule has 7 rings (SSSR count). The van der Waals surface area contributed by atoms with Gasteiger partial charge < -0.3 is 14.9 Å². The van der Waals surface area contributed by atoms with Crippen LogP contribution in [0.3, 0.4) is 0 Å². The highest BCUT2D eigenvalue weighted by Crippen LogP contribution is 2.59. The highest BCUT2D eigenvalue weighted by molar-refractivity contribution is 15.0. The monoisotopic (exact) mass is 812 g/mol. The van der Waals surface area contributed by atoms with Crippen molar-refractivity contribution in [3.05, 3.63) is 45.6 Å². The van der Waals surface area contributed by atoms with E-state index < -0.39 is 5.60 Å². The summed E-state index contributed by atoms with van der Waals surface area (Å²) in [7, 11) is 3.79. The van der Waals surface area contributed by atoms with Gasteiger partial charge in [0.1, 0.15) is 16.5 Å². The molecule has 2 aromatic rings. The normalized spacial score (nSPS) is 30.6. The molecule has 3 atom stereocenters. The van der Waals surface area contributed by atoms with Crippen LogP contribution in [-0.2, 0) is 7.05 Å². The summed E-state index contributed by atoms with van der Waals surface area (Å²) < 4.78 is 1.70. The first kappa shape index (κ1) is 30.8. The first-order chi connectivity index (χ1) is 19.1. The Hall–Kier alpha value is -0.630. The molecule has 4 saturated carbocycles. The quantitative estimate of drug-likeness (QED) is 0.251. The first-order valence-electron chi connectivity index (χ1n) is 14.0. The fourth-order valence-electron chi connectivity index (χ4n) is 8.18. The van der Waals surface area contributed by atoms with Crippen molar-refractivity contribution in [2.75, 3.05) is 25.0 Å². The number of carbonyl (C=O) groups excluding carboxylic acids is 2. The van der Waals surface area contributed by atoms with Gasteiger partial charge in [0, 0.05) is 87.5 Å². The molecule has 5 fully saturated rings. The van der Waals surface area contributed by atoms with Gasteiger partial charge in [0.25, 0.3) is 5.91 Å². The maximum atomic E-state index is 13.5. The zero-order chi connectivity index (χ0) is 28.8. The maximum absolute atomic E-state index is 13.5. The van der Waals surface area contributed by atoms with E-state index in [1.54, 1.807) is 28.9 Å². The number of rotatable bonds is 6. The number of anilines is 1. The van der Waals surface area contributed by atoms with Crippen molar-refractivity contribution in [2.24, 2.45) is 30.7 Å². The lowest BCUT2D eigenvalue weighted by Crippen LogP contribution is -2.54. The number of aryl methyl sites for hydroxylation is 1. The van der Waals surface area contributed by atoms with Crippen molar-refractivity contribution in [2.45, 2.75) is 63.0 Å². The van der Waals surface area contributed by atoms with E-state index in [2.05, 4.69) is 47.2 Å². The van der Waals surface area contributed by atoms with Crippen molar-refractivity contribution >= 4 is 77.9 Å². The van der Waals surface area contributed by atoms with Crippen LogP contribution in [0.2, 0.25) is 10.0 Å². The molecular formula is C29H36Cl2I2N4O3. The zero-order valence-electron chi connectivity index (χ0n) is 22.8. The second kappa shape index (κ2) is 12.5. The molecule has 1 aromatic heterocycles. The summed E-state index contributed by atoms with van der Waals surface area (Å²) in [4.78, 5) is 30.6. The maximum Gasteiger partial charge on any atom is 0.253 e. The van der Waals surface area contributed by atoms with Gasteiger partial charge in [-0.25, -0.2) is 0 Å². The minimum atomic E-state index is -0.503. The third-order valence-corrected chi connectivity index (χ3v) is 10.3. The van der Waals surface area contributed by atoms with Gasteiger partial charge in [0.15, 0.2) is 5.78 Å². The highest BCUT2D eigenvalue weighted by Gasteiger charge is 2.55. The molecule has 1 saturated heterocycles. The number of Topliss-reactive ketones (excluding diaryl/α,β-unsaturated/α-hetero) is 1. The summed E-state index contributed by atoms with van der Waals surface area (Å²) in [6.07, 6.45) is 7.11. The van der Waals surface area contributed by atoms with Gasteiger partial charge in [0.05, 0.1) is 5.60 Å². The van der Waals surface area contributed by atoms with Crippen molar-refractivity contribution in [1.29, 1.82) is 0 Å². The van der Waals surface area contributed by atoms with Gasteiger partial charge in [-0.15, -0.1) is 0 Å². The van der Waals surface area contributed by atoms with Crippen LogP contribution < -0.4 is 4.90 Å². The van der Waals surface area contributed by atoms with Crippen molar-refractivity contribution in [3.63, 3.8) is 0 Å². The Morgan fingerprint density at radius 1 is 1.12 bits per heavy atom. The Kier molecular flexibility index (Phi) is 9.66. The molecule has 1 amide bonds. The van der Waals surface area contributed by atoms with Crippen LogP contribution >= 0.6 is 60.4 Å². The summed E-state index contributed by atoms with van der Waals surface area (Å²) in [6, 6.07) is 7.05. The molecule has 218 valence electrons. The van der Waals surface area contributed by atoms with E-state index in [1.165, 1.54) is 0 Å². The van der Waals surface area contributed by atoms with E-state index in [0.29, 0.717) is 70.3 Å². The summed E-state index contributed by atoms with van der Waals surface area (Å²) in [6.45, 7) is 1.27. The Balaban J connectivity index is 0.00000158. The van der Waals surface area contributed by atoms with Crippen molar-refractivity contribution in [3.8, 4) is 0 Å². The third kappa shape index (κ3) is 6.05. The second-order valence-electron chi connectivity index (χ2n) is 12.3. The topological polar surface area (TPSA) is 78.7 Å². The molecule has 11 heteroatoms. The number of aromatic nitrogens is 2. The number of halogens is 4. The van der Waals surface area contributed by atoms with Gasteiger partial charge in [-0.05, 0) is 92.9 Å². The van der Waals surface area contributed by atoms with Gasteiger partial charge >= 0.3 is 0 Å². The number of amides is 1. The van der Waals surface area contributed by atoms with E-state index in [0.717, 1.165) is 44.9 Å². The number of likely N-dealkylation sites (N-methyl/N-ethyl adjacent to an activating group) is 1. The standard InChI is InChI=1S/C29H36Cl2N4O3.I2/c1-33(22-4-3-9-35(16-22)28(37)18-5-7-21(30)8-6-18)27-25(31)26(32-34(27)2)24(36)12-23-19-10-17-11-20(23)15-29(38,13-17)14-19;1-2/h5-8,17,19-20,22-23,38H,3-4,9-16H2,1-2H3;/t17?,19?,20?,22-,23?,29?;/m0./s1. The number of carbonyl (C=O) groups is 2. The van der Waals surface area contributed by atoms with Gasteiger partial charge in [0.2, 0.25) is 0 Å². The van der Waals surface area contributed by atoms with E-state index in [1.807, 2.05) is 19.0 Å². The van der Waals surface area contributed by atoms with Crippen LogP contribution in [0.1, 0.15) is 72.2 Å². The van der Waals surface area contributed by atoms with E-state index in [9.17, 15) is 14.7 Å². The zero-order valence-corrected chi connectivity index (χ0v) is 28.7. The molecule has 7 nitrogen and oxygen atoms in total.